The van der Waals surface area contributed by atoms with E-state index in [1.54, 1.807) is 12.1 Å². The first-order valence-corrected chi connectivity index (χ1v) is 12.8. The van der Waals surface area contributed by atoms with Crippen LogP contribution in [0.4, 0.5) is 11.4 Å². The predicted octanol–water partition coefficient (Wildman–Crippen LogP) is 5.13. The van der Waals surface area contributed by atoms with E-state index >= 15 is 0 Å². The van der Waals surface area contributed by atoms with E-state index in [4.69, 9.17) is 8.83 Å². The average Bonchev–Trinajstić information content (AvgIpc) is 3.49. The van der Waals surface area contributed by atoms with Gasteiger partial charge in [0, 0.05) is 11.4 Å². The van der Waals surface area contributed by atoms with Crippen LogP contribution in [-0.4, -0.2) is 44.4 Å². The van der Waals surface area contributed by atoms with Crippen molar-refractivity contribution in [2.45, 2.75) is 10.4 Å². The van der Waals surface area contributed by atoms with Gasteiger partial charge in [0.05, 0.1) is 17.1 Å². The third-order valence-corrected chi connectivity index (χ3v) is 6.61. The molecule has 0 saturated carbocycles. The Kier molecular flexibility index (Phi) is 7.10. The molecule has 0 aliphatic rings. The number of oxazole rings is 2. The number of carbonyl (C=O) groups is 3. The van der Waals surface area contributed by atoms with Crippen LogP contribution in [0.15, 0.2) is 86.0 Å². The second-order valence-electron chi connectivity index (χ2n) is 7.67. The molecule has 186 valence electrons. The van der Waals surface area contributed by atoms with Gasteiger partial charge in [-0.15, -0.1) is 0 Å². The highest BCUT2D eigenvalue weighted by atomic mass is 32.2. The number of nitrogens with one attached hydrogen (secondary N) is 2. The summed E-state index contributed by atoms with van der Waals surface area (Å²) in [5.41, 5.74) is 2.98. The predicted molar refractivity (Wildman–Crippen MR) is 140 cm³/mol. The highest BCUT2D eigenvalue weighted by Crippen LogP contribution is 2.26. The van der Waals surface area contributed by atoms with Crippen molar-refractivity contribution in [3.8, 4) is 0 Å². The molecule has 12 heteroatoms. The molecule has 0 aliphatic heterocycles. The van der Waals surface area contributed by atoms with Crippen LogP contribution in [0, 0.1) is 0 Å². The molecule has 0 atom stereocenters. The van der Waals surface area contributed by atoms with E-state index in [2.05, 4.69) is 20.6 Å². The van der Waals surface area contributed by atoms with Gasteiger partial charge in [0.2, 0.25) is 11.8 Å². The van der Waals surface area contributed by atoms with Gasteiger partial charge in [-0.05, 0) is 42.5 Å². The second kappa shape index (κ2) is 10.8. The SMILES string of the molecule is O=C(CSc1nc2ccccc2o1)Nc1cc(NC(=O)CSc2nc3ccccc3o2)cc(C(=O)O)c1. The van der Waals surface area contributed by atoms with E-state index in [1.165, 1.54) is 18.2 Å². The fourth-order valence-electron chi connectivity index (χ4n) is 3.37. The first-order chi connectivity index (χ1) is 17.9. The van der Waals surface area contributed by atoms with Gasteiger partial charge in [0.15, 0.2) is 11.2 Å². The summed E-state index contributed by atoms with van der Waals surface area (Å²) < 4.78 is 11.2. The summed E-state index contributed by atoms with van der Waals surface area (Å²) in [5.74, 6) is -2.00. The Balaban J connectivity index is 1.20. The number of amides is 2. The lowest BCUT2D eigenvalue weighted by Gasteiger charge is -2.10. The van der Waals surface area contributed by atoms with Gasteiger partial charge in [0.25, 0.3) is 10.4 Å². The van der Waals surface area contributed by atoms with Crippen molar-refractivity contribution in [1.29, 1.82) is 0 Å². The number of anilines is 2. The number of carboxylic acid groups (broad SMARTS) is 1. The van der Waals surface area contributed by atoms with Crippen LogP contribution in [-0.2, 0) is 9.59 Å². The lowest BCUT2D eigenvalue weighted by Crippen LogP contribution is -2.17. The van der Waals surface area contributed by atoms with Gasteiger partial charge in [-0.1, -0.05) is 47.8 Å². The highest BCUT2D eigenvalue weighted by molar-refractivity contribution is 8.00. The summed E-state index contributed by atoms with van der Waals surface area (Å²) in [4.78, 5) is 45.2. The van der Waals surface area contributed by atoms with E-state index in [1.807, 2.05) is 36.4 Å². The van der Waals surface area contributed by atoms with Crippen LogP contribution in [0.1, 0.15) is 10.4 Å². The maximum atomic E-state index is 12.5. The minimum absolute atomic E-state index is 0.00699. The molecule has 3 aromatic carbocycles. The number of aromatic nitrogens is 2. The quantitative estimate of drug-likeness (QED) is 0.217. The summed E-state index contributed by atoms with van der Waals surface area (Å²) in [7, 11) is 0. The number of carboxylic acids is 1. The molecule has 0 unspecified atom stereocenters. The number of nitrogens with zero attached hydrogens (tertiary/aromatic N) is 2. The maximum absolute atomic E-state index is 12.5. The Morgan fingerprint density at radius 3 is 1.62 bits per heavy atom. The summed E-state index contributed by atoms with van der Waals surface area (Å²) in [5, 5.41) is 15.5. The zero-order chi connectivity index (χ0) is 25.8. The first kappa shape index (κ1) is 24.4. The number of carbonyl (C=O) groups excluding carboxylic acids is 2. The molecule has 0 fully saturated rings. The average molecular weight is 535 g/mol. The minimum Gasteiger partial charge on any atom is -0.478 e. The van der Waals surface area contributed by atoms with Crippen molar-refractivity contribution >= 4 is 74.9 Å². The molecule has 0 spiro atoms. The highest BCUT2D eigenvalue weighted by Gasteiger charge is 2.14. The molecule has 2 aromatic heterocycles. The summed E-state index contributed by atoms with van der Waals surface area (Å²) >= 11 is 2.22. The molecular formula is C25H18N4O6S2. The standard InChI is InChI=1S/C25H18N4O6S2/c30-21(12-36-24-28-17-5-1-3-7-19(17)34-24)26-15-9-14(23(32)33)10-16(11-15)27-22(31)13-37-25-29-18-6-2-4-8-20(18)35-25/h1-11H,12-13H2,(H,26,30)(H,27,31)(H,32,33). The monoisotopic (exact) mass is 534 g/mol. The number of hydrogen-bond donors (Lipinski definition) is 3. The van der Waals surface area contributed by atoms with Crippen LogP contribution in [0.25, 0.3) is 22.2 Å². The molecule has 3 N–H and O–H groups in total. The molecule has 37 heavy (non-hydrogen) atoms. The molecule has 5 rings (SSSR count). The Hall–Kier alpha value is -4.29. The molecule has 2 amide bonds. The van der Waals surface area contributed by atoms with Crippen molar-refractivity contribution in [3.05, 3.63) is 72.3 Å². The fourth-order valence-corrected chi connectivity index (χ4v) is 4.65. The Morgan fingerprint density at radius 2 is 1.19 bits per heavy atom. The number of fused-ring (bicyclic) bond motifs is 2. The van der Waals surface area contributed by atoms with Crippen molar-refractivity contribution in [2.75, 3.05) is 22.1 Å². The molecule has 0 saturated heterocycles. The normalized spacial score (nSPS) is 11.0. The Labute approximate surface area is 217 Å². The topological polar surface area (TPSA) is 148 Å². The van der Waals surface area contributed by atoms with E-state index in [-0.39, 0.29) is 28.4 Å². The fraction of sp³-hybridized carbons (Fsp3) is 0.0800. The van der Waals surface area contributed by atoms with Crippen LogP contribution < -0.4 is 10.6 Å². The van der Waals surface area contributed by atoms with E-state index in [9.17, 15) is 19.5 Å². The van der Waals surface area contributed by atoms with Crippen molar-refractivity contribution in [2.24, 2.45) is 0 Å². The molecule has 5 aromatic rings. The Morgan fingerprint density at radius 1 is 0.730 bits per heavy atom. The van der Waals surface area contributed by atoms with E-state index < -0.39 is 17.8 Å². The number of benzene rings is 3. The summed E-state index contributed by atoms with van der Waals surface area (Å²) in [6.07, 6.45) is 0. The number of aromatic carboxylic acids is 1. The molecule has 0 bridgehead atoms. The van der Waals surface area contributed by atoms with Crippen molar-refractivity contribution in [1.82, 2.24) is 9.97 Å². The zero-order valence-corrected chi connectivity index (χ0v) is 20.6. The van der Waals surface area contributed by atoms with Crippen molar-refractivity contribution in [3.63, 3.8) is 0 Å². The van der Waals surface area contributed by atoms with Crippen LogP contribution >= 0.6 is 23.5 Å². The van der Waals surface area contributed by atoms with Gasteiger partial charge in [-0.3, -0.25) is 9.59 Å². The third kappa shape index (κ3) is 6.11. The van der Waals surface area contributed by atoms with Crippen LogP contribution in [0.5, 0.6) is 0 Å². The van der Waals surface area contributed by atoms with Crippen LogP contribution in [0.3, 0.4) is 0 Å². The summed E-state index contributed by atoms with van der Waals surface area (Å²) in [6, 6.07) is 18.6. The van der Waals surface area contributed by atoms with Gasteiger partial charge in [-0.25, -0.2) is 14.8 Å². The largest absolute Gasteiger partial charge is 0.478 e. The number of rotatable bonds is 9. The molecule has 2 heterocycles. The lowest BCUT2D eigenvalue weighted by atomic mass is 10.1. The number of para-hydroxylation sites is 4. The first-order valence-electron chi connectivity index (χ1n) is 10.9. The minimum atomic E-state index is -1.20. The number of thioether (sulfide) groups is 2. The van der Waals surface area contributed by atoms with E-state index in [0.717, 1.165) is 23.5 Å². The zero-order valence-electron chi connectivity index (χ0n) is 19.0. The Bertz CT molecular complexity index is 1450. The molecular weight excluding hydrogens is 516 g/mol. The van der Waals surface area contributed by atoms with Gasteiger partial charge >= 0.3 is 5.97 Å². The number of hydrogen-bond acceptors (Lipinski definition) is 9. The van der Waals surface area contributed by atoms with Crippen LogP contribution in [0.2, 0.25) is 0 Å². The van der Waals surface area contributed by atoms with Gasteiger partial charge in [0.1, 0.15) is 11.0 Å². The van der Waals surface area contributed by atoms with Crippen molar-refractivity contribution < 1.29 is 28.3 Å². The molecule has 0 aliphatic carbocycles. The molecule has 10 nitrogen and oxygen atoms in total. The maximum Gasteiger partial charge on any atom is 0.335 e. The second-order valence-corrected chi connectivity index (χ2v) is 9.53. The smallest absolute Gasteiger partial charge is 0.335 e. The van der Waals surface area contributed by atoms with Gasteiger partial charge in [-0.2, -0.15) is 0 Å². The third-order valence-electron chi connectivity index (χ3n) is 4.95. The van der Waals surface area contributed by atoms with Gasteiger partial charge < -0.3 is 24.6 Å². The lowest BCUT2D eigenvalue weighted by molar-refractivity contribution is -0.114. The summed E-state index contributed by atoms with van der Waals surface area (Å²) in [6.45, 7) is 0. The molecule has 0 radical (unpaired) electrons. The van der Waals surface area contributed by atoms with E-state index in [0.29, 0.717) is 32.6 Å².